The lowest BCUT2D eigenvalue weighted by molar-refractivity contribution is 0.00578. The molecule has 0 aliphatic carbocycles. The van der Waals surface area contributed by atoms with Crippen LogP contribution >= 0.6 is 11.3 Å². The fourth-order valence-electron chi connectivity index (χ4n) is 1.52. The van der Waals surface area contributed by atoms with Crippen LogP contribution in [0.4, 0.5) is 0 Å². The van der Waals surface area contributed by atoms with Gasteiger partial charge in [-0.25, -0.2) is 4.79 Å². The number of carbonyl (C=O) groups excluding carboxylic acids is 1. The lowest BCUT2D eigenvalue weighted by Crippen LogP contribution is -2.41. The van der Waals surface area contributed by atoms with Gasteiger partial charge in [-0.15, -0.1) is 11.3 Å². The summed E-state index contributed by atoms with van der Waals surface area (Å²) in [6, 6.07) is -0.194. The van der Waals surface area contributed by atoms with Gasteiger partial charge in [-0.3, -0.25) is 0 Å². The summed E-state index contributed by atoms with van der Waals surface area (Å²) in [5, 5.41) is 0. The molecule has 98 valence electrons. The number of thiophene rings is 1. The summed E-state index contributed by atoms with van der Waals surface area (Å²) in [6.45, 7) is 7.64. The number of hydrogen-bond donors (Lipinski definition) is 0. The summed E-state index contributed by atoms with van der Waals surface area (Å²) in [7, 11) is 0.513. The van der Waals surface area contributed by atoms with Gasteiger partial charge in [0.1, 0.15) is 4.88 Å². The molecule has 1 saturated heterocycles. The van der Waals surface area contributed by atoms with Gasteiger partial charge in [0.15, 0.2) is 0 Å². The second kappa shape index (κ2) is 4.37. The lowest BCUT2D eigenvalue weighted by atomic mass is 9.88. The Bertz CT molecular complexity index is 540. The molecule has 1 aromatic rings. The molecule has 1 aliphatic heterocycles. The van der Waals surface area contributed by atoms with Crippen LogP contribution in [0.1, 0.15) is 40.1 Å². The predicted octanol–water partition coefficient (Wildman–Crippen LogP) is 1.83. The van der Waals surface area contributed by atoms with Crippen LogP contribution in [0, 0.1) is 0 Å². The molecule has 0 radical (unpaired) electrons. The molecule has 0 amide bonds. The second-order valence-corrected chi connectivity index (χ2v) is 6.18. The Hall–Kier alpha value is -0.845. The van der Waals surface area contributed by atoms with Crippen molar-refractivity contribution in [1.82, 2.24) is 0 Å². The highest BCUT2D eigenvalue weighted by Gasteiger charge is 2.52. The molecule has 0 aromatic carbocycles. The third kappa shape index (κ3) is 2.20. The van der Waals surface area contributed by atoms with Crippen LogP contribution in [0.2, 0.25) is 0 Å². The van der Waals surface area contributed by atoms with E-state index in [9.17, 15) is 4.79 Å². The molecule has 18 heavy (non-hydrogen) atoms. The Morgan fingerprint density at radius 3 is 2.39 bits per heavy atom. The summed E-state index contributed by atoms with van der Waals surface area (Å²) >= 11 is 1.02. The van der Waals surface area contributed by atoms with Gasteiger partial charge in [-0.2, -0.15) is 0 Å². The smallest absolute Gasteiger partial charge is 0.465 e. The van der Waals surface area contributed by atoms with Crippen molar-refractivity contribution in [3.63, 3.8) is 0 Å². The molecule has 2 rings (SSSR count). The Kier molecular flexibility index (Phi) is 2.67. The zero-order valence-electron chi connectivity index (χ0n) is 13.1. The SMILES string of the molecule is [2H]c1c(B2OC(C)(C)C(C)(C)O2)sc(C(=O)OC)c1[2H]. The van der Waals surface area contributed by atoms with Crippen molar-refractivity contribution in [3.05, 3.63) is 17.0 Å². The summed E-state index contributed by atoms with van der Waals surface area (Å²) in [4.78, 5) is 11.7. The minimum Gasteiger partial charge on any atom is -0.465 e. The van der Waals surface area contributed by atoms with Crippen LogP contribution in [0.5, 0.6) is 0 Å². The number of methoxy groups -OCH3 is 1. The molecular weight excluding hydrogens is 251 g/mol. The summed E-state index contributed by atoms with van der Waals surface area (Å²) in [6.07, 6.45) is 0. The molecule has 1 fully saturated rings. The van der Waals surface area contributed by atoms with E-state index in [1.165, 1.54) is 7.11 Å². The van der Waals surface area contributed by atoms with Gasteiger partial charge in [-0.1, -0.05) is 6.04 Å². The Balaban J connectivity index is 2.39. The van der Waals surface area contributed by atoms with Gasteiger partial charge in [-0.05, 0) is 33.7 Å². The number of ether oxygens (including phenoxy) is 1. The van der Waals surface area contributed by atoms with Crippen molar-refractivity contribution in [2.45, 2.75) is 38.9 Å². The van der Waals surface area contributed by atoms with Crippen molar-refractivity contribution in [1.29, 1.82) is 0 Å². The summed E-state index contributed by atoms with van der Waals surface area (Å²) in [5.41, 5.74) is -1.05. The second-order valence-electron chi connectivity index (χ2n) is 5.13. The van der Waals surface area contributed by atoms with Crippen LogP contribution in [0.15, 0.2) is 12.1 Å². The average molecular weight is 270 g/mol. The van der Waals surface area contributed by atoms with E-state index in [-0.39, 0.29) is 17.0 Å². The lowest BCUT2D eigenvalue weighted by Gasteiger charge is -2.32. The number of esters is 1. The van der Waals surface area contributed by atoms with E-state index in [4.69, 9.17) is 12.1 Å². The molecule has 2 heterocycles. The first-order chi connectivity index (χ1) is 9.10. The largest absolute Gasteiger partial charge is 0.505 e. The first-order valence-corrected chi connectivity index (χ1v) is 6.46. The Morgan fingerprint density at radius 2 is 1.89 bits per heavy atom. The first-order valence-electron chi connectivity index (χ1n) is 6.64. The summed E-state index contributed by atoms with van der Waals surface area (Å²) < 4.78 is 32.5. The zero-order chi connectivity index (χ0) is 15.3. The van der Waals surface area contributed by atoms with E-state index in [0.29, 0.717) is 4.78 Å². The highest BCUT2D eigenvalue weighted by molar-refractivity contribution is 7.23. The highest BCUT2D eigenvalue weighted by atomic mass is 32.1. The van der Waals surface area contributed by atoms with Gasteiger partial charge in [0.2, 0.25) is 0 Å². The first kappa shape index (κ1) is 11.0. The van der Waals surface area contributed by atoms with Gasteiger partial charge in [0.05, 0.1) is 21.1 Å². The highest BCUT2D eigenvalue weighted by Crippen LogP contribution is 2.36. The van der Waals surface area contributed by atoms with Crippen LogP contribution in [-0.2, 0) is 14.0 Å². The Labute approximate surface area is 114 Å². The van der Waals surface area contributed by atoms with Gasteiger partial charge < -0.3 is 14.0 Å². The zero-order valence-corrected chi connectivity index (χ0v) is 11.9. The average Bonchev–Trinajstić information content (AvgIpc) is 2.74. The van der Waals surface area contributed by atoms with Crippen molar-refractivity contribution < 1.29 is 21.6 Å². The standard InChI is InChI=1S/C12H17BO4S/c1-11(2)12(3,4)17-13(16-11)9-7-6-8(18-9)10(14)15-5/h6-7H,1-5H3/i6D,7D. The van der Waals surface area contributed by atoms with Gasteiger partial charge >= 0.3 is 13.1 Å². The maximum atomic E-state index is 11.6. The van der Waals surface area contributed by atoms with Crippen molar-refractivity contribution >= 4 is 29.2 Å². The fourth-order valence-corrected chi connectivity index (χ4v) is 2.31. The van der Waals surface area contributed by atoms with E-state index in [1.54, 1.807) is 0 Å². The molecule has 1 aliphatic rings. The molecule has 0 bridgehead atoms. The molecule has 0 spiro atoms. The molecular formula is C12H17BO4S. The number of carbonyl (C=O) groups is 1. The number of hydrogen-bond acceptors (Lipinski definition) is 5. The molecule has 0 saturated carbocycles. The molecule has 0 N–H and O–H groups in total. The summed E-state index contributed by atoms with van der Waals surface area (Å²) in [5.74, 6) is -0.615. The van der Waals surface area contributed by atoms with Crippen molar-refractivity contribution in [3.8, 4) is 0 Å². The topological polar surface area (TPSA) is 44.8 Å². The third-order valence-electron chi connectivity index (χ3n) is 3.35. The van der Waals surface area contributed by atoms with E-state index in [0.717, 1.165) is 11.3 Å². The molecule has 0 atom stereocenters. The van der Waals surface area contributed by atoms with E-state index >= 15 is 0 Å². The van der Waals surface area contributed by atoms with E-state index < -0.39 is 24.3 Å². The molecule has 0 unspecified atom stereocenters. The van der Waals surface area contributed by atoms with Crippen LogP contribution in [0.3, 0.4) is 0 Å². The van der Waals surface area contributed by atoms with Crippen LogP contribution in [0.25, 0.3) is 0 Å². The minimum absolute atomic E-state index is 0.0473. The van der Waals surface area contributed by atoms with Crippen molar-refractivity contribution in [2.24, 2.45) is 0 Å². The quantitative estimate of drug-likeness (QED) is 0.607. The maximum Gasteiger partial charge on any atom is 0.505 e. The minimum atomic E-state index is -0.736. The molecule has 1 aromatic heterocycles. The van der Waals surface area contributed by atoms with Crippen molar-refractivity contribution in [2.75, 3.05) is 7.11 Å². The molecule has 6 heteroatoms. The van der Waals surface area contributed by atoms with E-state index in [2.05, 4.69) is 4.74 Å². The fraction of sp³-hybridized carbons (Fsp3) is 0.583. The monoisotopic (exact) mass is 270 g/mol. The van der Waals surface area contributed by atoms with E-state index in [1.807, 2.05) is 27.7 Å². The normalized spacial score (nSPS) is 22.6. The van der Waals surface area contributed by atoms with Gasteiger partial charge in [0.25, 0.3) is 0 Å². The van der Waals surface area contributed by atoms with Crippen LogP contribution in [-0.4, -0.2) is 31.4 Å². The molecule has 4 nitrogen and oxygen atoms in total. The third-order valence-corrected chi connectivity index (χ3v) is 4.34. The number of rotatable bonds is 2. The van der Waals surface area contributed by atoms with Gasteiger partial charge in [0, 0.05) is 4.78 Å². The maximum absolute atomic E-state index is 11.6. The Morgan fingerprint density at radius 1 is 1.33 bits per heavy atom. The van der Waals surface area contributed by atoms with Crippen LogP contribution < -0.4 is 4.78 Å². The predicted molar refractivity (Wildman–Crippen MR) is 71.4 cm³/mol.